The molecule has 3 aromatic rings. The number of pyridine rings is 1. The molecule has 2 aromatic heterocycles. The lowest BCUT2D eigenvalue weighted by molar-refractivity contribution is 0.320. The van der Waals surface area contributed by atoms with Gasteiger partial charge in [0.15, 0.2) is 0 Å². The molecule has 0 fully saturated rings. The van der Waals surface area contributed by atoms with E-state index in [-0.39, 0.29) is 0 Å². The van der Waals surface area contributed by atoms with Gasteiger partial charge in [-0.3, -0.25) is 4.98 Å². The summed E-state index contributed by atoms with van der Waals surface area (Å²) in [7, 11) is 0. The van der Waals surface area contributed by atoms with Crippen molar-refractivity contribution < 1.29 is 9.15 Å². The lowest BCUT2D eigenvalue weighted by Gasteiger charge is -2.06. The van der Waals surface area contributed by atoms with Crippen molar-refractivity contribution in [2.24, 2.45) is 0 Å². The van der Waals surface area contributed by atoms with Gasteiger partial charge in [0.05, 0.1) is 12.9 Å². The summed E-state index contributed by atoms with van der Waals surface area (Å²) in [6.45, 7) is 0.622. The fourth-order valence-electron chi connectivity index (χ4n) is 1.98. The molecule has 0 radical (unpaired) electrons. The van der Waals surface area contributed by atoms with Gasteiger partial charge < -0.3 is 9.15 Å². The lowest BCUT2D eigenvalue weighted by atomic mass is 10.2. The molecule has 0 saturated carbocycles. The molecule has 0 bridgehead atoms. The van der Waals surface area contributed by atoms with Crippen LogP contribution in [0.25, 0.3) is 11.3 Å². The van der Waals surface area contributed by atoms with Gasteiger partial charge in [0.2, 0.25) is 0 Å². The fraction of sp³-hybridized carbons (Fsp3) is 0.118. The Morgan fingerprint density at radius 2 is 1.85 bits per heavy atom. The van der Waals surface area contributed by atoms with Crippen molar-refractivity contribution >= 4 is 0 Å². The Morgan fingerprint density at radius 1 is 0.950 bits per heavy atom. The summed E-state index contributed by atoms with van der Waals surface area (Å²) >= 11 is 0. The molecule has 0 aliphatic carbocycles. The first-order chi connectivity index (χ1) is 9.92. The largest absolute Gasteiger partial charge is 0.493 e. The summed E-state index contributed by atoms with van der Waals surface area (Å²) in [4.78, 5) is 4.27. The van der Waals surface area contributed by atoms with E-state index < -0.39 is 0 Å². The van der Waals surface area contributed by atoms with Crippen LogP contribution in [0.1, 0.15) is 5.69 Å². The average Bonchev–Trinajstić information content (AvgIpc) is 3.03. The predicted octanol–water partition coefficient (Wildman–Crippen LogP) is 3.96. The summed E-state index contributed by atoms with van der Waals surface area (Å²) in [5.74, 6) is 1.72. The number of rotatable bonds is 5. The van der Waals surface area contributed by atoms with Gasteiger partial charge in [0.1, 0.15) is 11.5 Å². The van der Waals surface area contributed by atoms with Crippen LogP contribution in [-0.2, 0) is 6.42 Å². The molecule has 3 rings (SSSR count). The van der Waals surface area contributed by atoms with E-state index >= 15 is 0 Å². The number of nitrogens with zero attached hydrogens (tertiary/aromatic N) is 1. The number of aromatic nitrogens is 1. The highest BCUT2D eigenvalue weighted by atomic mass is 16.5. The van der Waals surface area contributed by atoms with Crippen LogP contribution in [0, 0.1) is 0 Å². The first-order valence-electron chi connectivity index (χ1n) is 6.58. The molecule has 1 aromatic carbocycles. The summed E-state index contributed by atoms with van der Waals surface area (Å²) in [6, 6.07) is 17.6. The minimum atomic E-state index is 0.622. The molecule has 0 saturated heterocycles. The zero-order chi connectivity index (χ0) is 13.6. The molecule has 3 heteroatoms. The van der Waals surface area contributed by atoms with Gasteiger partial charge in [-0.2, -0.15) is 0 Å². The van der Waals surface area contributed by atoms with Crippen LogP contribution in [0.4, 0.5) is 0 Å². The van der Waals surface area contributed by atoms with Gasteiger partial charge >= 0.3 is 0 Å². The van der Waals surface area contributed by atoms with Crippen molar-refractivity contribution in [1.29, 1.82) is 0 Å². The molecule has 100 valence electrons. The van der Waals surface area contributed by atoms with Crippen molar-refractivity contribution in [3.63, 3.8) is 0 Å². The first kappa shape index (κ1) is 12.5. The quantitative estimate of drug-likeness (QED) is 0.700. The van der Waals surface area contributed by atoms with Gasteiger partial charge in [0, 0.05) is 23.9 Å². The number of furan rings is 1. The third-order valence-electron chi connectivity index (χ3n) is 3.01. The number of hydrogen-bond donors (Lipinski definition) is 0. The molecular weight excluding hydrogens is 250 g/mol. The van der Waals surface area contributed by atoms with Crippen molar-refractivity contribution in [2.75, 3.05) is 6.61 Å². The summed E-state index contributed by atoms with van der Waals surface area (Å²) < 4.78 is 11.1. The maximum absolute atomic E-state index is 5.71. The molecule has 0 amide bonds. The molecular formula is C17H15NO2. The highest BCUT2D eigenvalue weighted by molar-refractivity contribution is 5.58. The van der Waals surface area contributed by atoms with Crippen molar-refractivity contribution in [1.82, 2.24) is 4.98 Å². The molecule has 0 aliphatic heterocycles. The Bertz CT molecular complexity index is 631. The molecule has 3 nitrogen and oxygen atoms in total. The van der Waals surface area contributed by atoms with Crippen molar-refractivity contribution in [3.05, 3.63) is 72.8 Å². The van der Waals surface area contributed by atoms with Crippen LogP contribution in [-0.4, -0.2) is 11.6 Å². The minimum absolute atomic E-state index is 0.622. The number of hydrogen-bond acceptors (Lipinski definition) is 3. The van der Waals surface area contributed by atoms with E-state index in [0.717, 1.165) is 29.2 Å². The highest BCUT2D eigenvalue weighted by Gasteiger charge is 2.01. The van der Waals surface area contributed by atoms with Gasteiger partial charge in [-0.05, 0) is 48.5 Å². The van der Waals surface area contributed by atoms with E-state index in [1.165, 1.54) is 0 Å². The second-order valence-corrected chi connectivity index (χ2v) is 4.42. The van der Waals surface area contributed by atoms with Gasteiger partial charge in [0.25, 0.3) is 0 Å². The van der Waals surface area contributed by atoms with Gasteiger partial charge in [-0.1, -0.05) is 6.07 Å². The SMILES string of the molecule is c1ccc(CCOc2ccc(-c3ccco3)cc2)nc1. The van der Waals surface area contributed by atoms with Gasteiger partial charge in [-0.25, -0.2) is 0 Å². The van der Waals surface area contributed by atoms with E-state index in [0.29, 0.717) is 6.61 Å². The molecule has 0 aliphatic rings. The smallest absolute Gasteiger partial charge is 0.133 e. The fourth-order valence-corrected chi connectivity index (χ4v) is 1.98. The standard InChI is InChI=1S/C17H15NO2/c1-2-11-18-15(4-1)10-13-19-16-8-6-14(7-9-16)17-5-3-12-20-17/h1-9,11-12H,10,13H2. The summed E-state index contributed by atoms with van der Waals surface area (Å²) in [5.41, 5.74) is 2.09. The predicted molar refractivity (Wildman–Crippen MR) is 77.6 cm³/mol. The molecule has 0 atom stereocenters. The number of benzene rings is 1. The van der Waals surface area contributed by atoms with E-state index in [9.17, 15) is 0 Å². The third kappa shape index (κ3) is 3.06. The zero-order valence-electron chi connectivity index (χ0n) is 11.0. The van der Waals surface area contributed by atoms with Crippen LogP contribution in [0.3, 0.4) is 0 Å². The van der Waals surface area contributed by atoms with Crippen LogP contribution in [0.5, 0.6) is 5.75 Å². The normalized spacial score (nSPS) is 10.4. The Balaban J connectivity index is 1.56. The van der Waals surface area contributed by atoms with Crippen LogP contribution in [0.15, 0.2) is 71.5 Å². The van der Waals surface area contributed by atoms with Gasteiger partial charge in [-0.15, -0.1) is 0 Å². The summed E-state index contributed by atoms with van der Waals surface area (Å²) in [5, 5.41) is 0. The van der Waals surface area contributed by atoms with Crippen molar-refractivity contribution in [2.45, 2.75) is 6.42 Å². The summed E-state index contributed by atoms with van der Waals surface area (Å²) in [6.07, 6.45) is 4.28. The van der Waals surface area contributed by atoms with E-state index in [1.807, 2.05) is 54.6 Å². The molecule has 2 heterocycles. The monoisotopic (exact) mass is 265 g/mol. The van der Waals surface area contributed by atoms with Crippen LogP contribution < -0.4 is 4.74 Å². The second-order valence-electron chi connectivity index (χ2n) is 4.42. The maximum Gasteiger partial charge on any atom is 0.133 e. The maximum atomic E-state index is 5.71. The molecule has 0 spiro atoms. The first-order valence-corrected chi connectivity index (χ1v) is 6.58. The van der Waals surface area contributed by atoms with Crippen LogP contribution in [0.2, 0.25) is 0 Å². The van der Waals surface area contributed by atoms with E-state index in [1.54, 1.807) is 12.5 Å². The Morgan fingerprint density at radius 3 is 2.55 bits per heavy atom. The van der Waals surface area contributed by atoms with Crippen molar-refractivity contribution in [3.8, 4) is 17.1 Å². The second kappa shape index (κ2) is 6.06. The Kier molecular flexibility index (Phi) is 3.78. The Hall–Kier alpha value is -2.55. The average molecular weight is 265 g/mol. The lowest BCUT2D eigenvalue weighted by Crippen LogP contribution is -2.02. The van der Waals surface area contributed by atoms with Crippen LogP contribution >= 0.6 is 0 Å². The molecule has 0 N–H and O–H groups in total. The molecule has 20 heavy (non-hydrogen) atoms. The Labute approximate surface area is 117 Å². The zero-order valence-corrected chi connectivity index (χ0v) is 11.0. The number of ether oxygens (including phenoxy) is 1. The topological polar surface area (TPSA) is 35.3 Å². The molecule has 0 unspecified atom stereocenters. The highest BCUT2D eigenvalue weighted by Crippen LogP contribution is 2.22. The van der Waals surface area contributed by atoms with E-state index in [4.69, 9.17) is 9.15 Å². The minimum Gasteiger partial charge on any atom is -0.493 e. The van der Waals surface area contributed by atoms with E-state index in [2.05, 4.69) is 4.98 Å². The third-order valence-corrected chi connectivity index (χ3v) is 3.01.